The van der Waals surface area contributed by atoms with Gasteiger partial charge in [0.1, 0.15) is 5.69 Å². The molecule has 1 aromatic heterocycles. The molecule has 0 saturated carbocycles. The number of hydrogen-bond donors (Lipinski definition) is 1. The Labute approximate surface area is 154 Å². The van der Waals surface area contributed by atoms with E-state index in [0.717, 1.165) is 0 Å². The molecule has 2 aromatic rings. The monoisotopic (exact) mass is 379 g/mol. The highest BCUT2D eigenvalue weighted by atomic mass is 35.5. The Balaban J connectivity index is 1.77. The summed E-state index contributed by atoms with van der Waals surface area (Å²) in [7, 11) is 0. The minimum absolute atomic E-state index is 0.121. The minimum Gasteiger partial charge on any atom is -0.378 e. The SMILES string of the molecule is O=C(Nc1cc(Cl)ccc1Cl)c1cc(C(=O)N2CCOCC2)ccn1. The van der Waals surface area contributed by atoms with Gasteiger partial charge in [-0.05, 0) is 30.3 Å². The summed E-state index contributed by atoms with van der Waals surface area (Å²) in [6.45, 7) is 2.08. The molecule has 8 heteroatoms. The van der Waals surface area contributed by atoms with Crippen LogP contribution in [0, 0.1) is 0 Å². The van der Waals surface area contributed by atoms with Crippen LogP contribution in [0.15, 0.2) is 36.5 Å². The Morgan fingerprint density at radius 1 is 1.12 bits per heavy atom. The van der Waals surface area contributed by atoms with E-state index in [2.05, 4.69) is 10.3 Å². The van der Waals surface area contributed by atoms with Crippen molar-refractivity contribution in [3.63, 3.8) is 0 Å². The van der Waals surface area contributed by atoms with Gasteiger partial charge in [-0.2, -0.15) is 0 Å². The van der Waals surface area contributed by atoms with Crippen LogP contribution < -0.4 is 5.32 Å². The number of amides is 2. The number of carbonyl (C=O) groups excluding carboxylic acids is 2. The predicted molar refractivity (Wildman–Crippen MR) is 95.4 cm³/mol. The molecule has 1 saturated heterocycles. The van der Waals surface area contributed by atoms with Crippen LogP contribution >= 0.6 is 23.2 Å². The molecule has 2 amide bonds. The summed E-state index contributed by atoms with van der Waals surface area (Å²) in [5, 5.41) is 3.46. The number of rotatable bonds is 3. The predicted octanol–water partition coefficient (Wildman–Crippen LogP) is 3.11. The van der Waals surface area contributed by atoms with E-state index in [4.69, 9.17) is 27.9 Å². The third kappa shape index (κ3) is 4.28. The summed E-state index contributed by atoms with van der Waals surface area (Å²) in [6, 6.07) is 7.81. The third-order valence-corrected chi connectivity index (χ3v) is 4.28. The maximum absolute atomic E-state index is 12.5. The Morgan fingerprint density at radius 2 is 1.88 bits per heavy atom. The fourth-order valence-electron chi connectivity index (χ4n) is 2.42. The third-order valence-electron chi connectivity index (χ3n) is 3.71. The zero-order valence-electron chi connectivity index (χ0n) is 13.2. The van der Waals surface area contributed by atoms with Crippen molar-refractivity contribution >= 4 is 40.7 Å². The Morgan fingerprint density at radius 3 is 2.64 bits per heavy atom. The number of nitrogens with zero attached hydrogens (tertiary/aromatic N) is 2. The first kappa shape index (κ1) is 17.7. The van der Waals surface area contributed by atoms with Gasteiger partial charge in [0, 0.05) is 29.9 Å². The number of benzene rings is 1. The zero-order valence-corrected chi connectivity index (χ0v) is 14.7. The molecule has 0 bridgehead atoms. The molecule has 6 nitrogen and oxygen atoms in total. The van der Waals surface area contributed by atoms with Gasteiger partial charge in [-0.3, -0.25) is 14.6 Å². The van der Waals surface area contributed by atoms with Crippen molar-refractivity contribution < 1.29 is 14.3 Å². The summed E-state index contributed by atoms with van der Waals surface area (Å²) in [6.07, 6.45) is 1.43. The molecule has 1 aliphatic heterocycles. The molecule has 0 spiro atoms. The number of nitrogens with one attached hydrogen (secondary N) is 1. The van der Waals surface area contributed by atoms with E-state index in [1.807, 2.05) is 0 Å². The van der Waals surface area contributed by atoms with Crippen molar-refractivity contribution in [1.82, 2.24) is 9.88 Å². The molecule has 1 fully saturated rings. The maximum atomic E-state index is 12.5. The zero-order chi connectivity index (χ0) is 17.8. The number of halogens is 2. The lowest BCUT2D eigenvalue weighted by Crippen LogP contribution is -2.40. The first-order valence-electron chi connectivity index (χ1n) is 7.64. The van der Waals surface area contributed by atoms with Crippen molar-refractivity contribution in [2.45, 2.75) is 0 Å². The van der Waals surface area contributed by atoms with E-state index < -0.39 is 5.91 Å². The van der Waals surface area contributed by atoms with Crippen LogP contribution in [0.25, 0.3) is 0 Å². The van der Waals surface area contributed by atoms with Crippen LogP contribution in [-0.4, -0.2) is 48.0 Å². The van der Waals surface area contributed by atoms with Gasteiger partial charge in [0.15, 0.2) is 0 Å². The van der Waals surface area contributed by atoms with Crippen molar-refractivity contribution in [3.8, 4) is 0 Å². The van der Waals surface area contributed by atoms with Crippen molar-refractivity contribution in [3.05, 3.63) is 57.8 Å². The van der Waals surface area contributed by atoms with E-state index in [1.165, 1.54) is 12.3 Å². The van der Waals surface area contributed by atoms with Crippen LogP contribution in [0.5, 0.6) is 0 Å². The number of aromatic nitrogens is 1. The molecule has 0 radical (unpaired) electrons. The van der Waals surface area contributed by atoms with Gasteiger partial charge in [0.2, 0.25) is 0 Å². The molecule has 0 aliphatic carbocycles. The highest BCUT2D eigenvalue weighted by Crippen LogP contribution is 2.25. The fraction of sp³-hybridized carbons (Fsp3) is 0.235. The van der Waals surface area contributed by atoms with Crippen molar-refractivity contribution in [2.75, 3.05) is 31.6 Å². The van der Waals surface area contributed by atoms with E-state index >= 15 is 0 Å². The van der Waals surface area contributed by atoms with Gasteiger partial charge in [0.25, 0.3) is 11.8 Å². The molecular formula is C17H15Cl2N3O3. The van der Waals surface area contributed by atoms with Crippen molar-refractivity contribution in [2.24, 2.45) is 0 Å². The normalized spacial score (nSPS) is 14.2. The second-order valence-corrected chi connectivity index (χ2v) is 6.26. The van der Waals surface area contributed by atoms with E-state index in [0.29, 0.717) is 47.6 Å². The first-order valence-corrected chi connectivity index (χ1v) is 8.39. The number of pyridine rings is 1. The molecule has 1 aliphatic rings. The quantitative estimate of drug-likeness (QED) is 0.888. The average Bonchev–Trinajstić information content (AvgIpc) is 2.65. The van der Waals surface area contributed by atoms with Crippen LogP contribution in [0.3, 0.4) is 0 Å². The molecule has 1 aromatic carbocycles. The summed E-state index contributed by atoms with van der Waals surface area (Å²) in [5.41, 5.74) is 0.903. The molecule has 1 N–H and O–H groups in total. The highest BCUT2D eigenvalue weighted by Gasteiger charge is 2.20. The lowest BCUT2D eigenvalue weighted by Gasteiger charge is -2.26. The lowest BCUT2D eigenvalue weighted by molar-refractivity contribution is 0.0303. The van der Waals surface area contributed by atoms with Crippen LogP contribution in [0.1, 0.15) is 20.8 Å². The number of ether oxygens (including phenoxy) is 1. The summed E-state index contributed by atoms with van der Waals surface area (Å²) >= 11 is 12.0. The summed E-state index contributed by atoms with van der Waals surface area (Å²) in [5.74, 6) is -0.624. The van der Waals surface area contributed by atoms with Gasteiger partial charge in [-0.1, -0.05) is 23.2 Å². The number of anilines is 1. The Bertz CT molecular complexity index is 807. The first-order chi connectivity index (χ1) is 12.0. The van der Waals surface area contributed by atoms with Gasteiger partial charge in [-0.25, -0.2) is 0 Å². The van der Waals surface area contributed by atoms with Gasteiger partial charge < -0.3 is 15.0 Å². The second-order valence-electron chi connectivity index (χ2n) is 5.41. The molecule has 2 heterocycles. The molecule has 130 valence electrons. The van der Waals surface area contributed by atoms with E-state index in [1.54, 1.807) is 29.2 Å². The van der Waals surface area contributed by atoms with Crippen LogP contribution in [0.4, 0.5) is 5.69 Å². The molecule has 3 rings (SSSR count). The Hall–Kier alpha value is -2.15. The average molecular weight is 380 g/mol. The van der Waals surface area contributed by atoms with E-state index in [9.17, 15) is 9.59 Å². The second kappa shape index (κ2) is 7.82. The van der Waals surface area contributed by atoms with Gasteiger partial charge in [-0.15, -0.1) is 0 Å². The largest absolute Gasteiger partial charge is 0.378 e. The Kier molecular flexibility index (Phi) is 5.53. The molecule has 25 heavy (non-hydrogen) atoms. The van der Waals surface area contributed by atoms with Gasteiger partial charge in [0.05, 0.1) is 23.9 Å². The van der Waals surface area contributed by atoms with Crippen LogP contribution in [0.2, 0.25) is 10.0 Å². The lowest BCUT2D eigenvalue weighted by atomic mass is 10.2. The molecule has 0 unspecified atom stereocenters. The fourth-order valence-corrected chi connectivity index (χ4v) is 2.75. The summed E-state index contributed by atoms with van der Waals surface area (Å²) < 4.78 is 5.24. The van der Waals surface area contributed by atoms with Crippen molar-refractivity contribution in [1.29, 1.82) is 0 Å². The topological polar surface area (TPSA) is 71.5 Å². The minimum atomic E-state index is -0.471. The molecular weight excluding hydrogens is 365 g/mol. The smallest absolute Gasteiger partial charge is 0.274 e. The van der Waals surface area contributed by atoms with Gasteiger partial charge >= 0.3 is 0 Å². The standard InChI is InChI=1S/C17H15Cl2N3O3/c18-12-1-2-13(19)14(10-12)21-16(23)15-9-11(3-4-20-15)17(24)22-5-7-25-8-6-22/h1-4,9-10H,5-8H2,(H,21,23). The van der Waals surface area contributed by atoms with E-state index in [-0.39, 0.29) is 11.6 Å². The maximum Gasteiger partial charge on any atom is 0.274 e. The highest BCUT2D eigenvalue weighted by molar-refractivity contribution is 6.35. The summed E-state index contributed by atoms with van der Waals surface area (Å²) in [4.78, 5) is 30.6. The number of hydrogen-bond acceptors (Lipinski definition) is 4. The number of morpholine rings is 1. The number of carbonyl (C=O) groups is 2. The van der Waals surface area contributed by atoms with Crippen LogP contribution in [-0.2, 0) is 4.74 Å². The molecule has 0 atom stereocenters.